The summed E-state index contributed by atoms with van der Waals surface area (Å²) in [4.78, 5) is 38.4. The van der Waals surface area contributed by atoms with Gasteiger partial charge in [-0.05, 0) is 22.7 Å². The lowest BCUT2D eigenvalue weighted by atomic mass is 10.4. The monoisotopic (exact) mass is 397 g/mol. The van der Waals surface area contributed by atoms with E-state index in [1.165, 1.54) is 12.3 Å². The summed E-state index contributed by atoms with van der Waals surface area (Å²) >= 11 is 0. The van der Waals surface area contributed by atoms with Gasteiger partial charge in [-0.3, -0.25) is 9.36 Å². The van der Waals surface area contributed by atoms with E-state index in [9.17, 15) is 14.4 Å². The van der Waals surface area contributed by atoms with Crippen molar-refractivity contribution in [1.82, 2.24) is 9.55 Å². The highest BCUT2D eigenvalue weighted by atomic mass is 28.4. The van der Waals surface area contributed by atoms with E-state index in [-0.39, 0.29) is 12.4 Å². The van der Waals surface area contributed by atoms with Crippen molar-refractivity contribution < 1.29 is 18.8 Å². The second-order valence-electron chi connectivity index (χ2n) is 7.51. The van der Waals surface area contributed by atoms with Crippen molar-refractivity contribution >= 4 is 26.7 Å². The summed E-state index contributed by atoms with van der Waals surface area (Å²) in [6.07, 6.45) is 0.0765. The van der Waals surface area contributed by atoms with Crippen molar-refractivity contribution in [2.45, 2.75) is 70.5 Å². The third kappa shape index (κ3) is 5.33. The SMILES string of the molecule is CC(C)[Si](OCC(C=O)OC(C=O)n1ccc(N)nc1=O)(C(C)C)C(C)C. The summed E-state index contributed by atoms with van der Waals surface area (Å²) in [6, 6.07) is 1.38. The van der Waals surface area contributed by atoms with Gasteiger partial charge >= 0.3 is 5.69 Å². The molecule has 2 atom stereocenters. The van der Waals surface area contributed by atoms with Gasteiger partial charge in [0.1, 0.15) is 11.9 Å². The summed E-state index contributed by atoms with van der Waals surface area (Å²) in [5, 5.41) is 0. The van der Waals surface area contributed by atoms with E-state index in [0.717, 1.165) is 4.57 Å². The Balaban J connectivity index is 2.98. The minimum atomic E-state index is -2.19. The highest BCUT2D eigenvalue weighted by Crippen LogP contribution is 2.42. The number of hydrogen-bond donors (Lipinski definition) is 1. The molecule has 0 bridgehead atoms. The lowest BCUT2D eigenvalue weighted by Gasteiger charge is -2.42. The highest BCUT2D eigenvalue weighted by Gasteiger charge is 2.45. The zero-order valence-electron chi connectivity index (χ0n) is 16.9. The maximum absolute atomic E-state index is 11.9. The van der Waals surface area contributed by atoms with Crippen molar-refractivity contribution in [2.75, 3.05) is 12.3 Å². The Morgan fingerprint density at radius 1 is 1.11 bits per heavy atom. The molecule has 152 valence electrons. The fraction of sp³-hybridized carbons (Fsp3) is 0.667. The van der Waals surface area contributed by atoms with Gasteiger partial charge in [-0.25, -0.2) is 4.79 Å². The van der Waals surface area contributed by atoms with Crippen LogP contribution in [0.15, 0.2) is 17.1 Å². The first-order valence-electron chi connectivity index (χ1n) is 9.14. The van der Waals surface area contributed by atoms with Crippen LogP contribution in [-0.4, -0.2) is 43.2 Å². The molecule has 0 saturated carbocycles. The molecule has 0 fully saturated rings. The summed E-state index contributed by atoms with van der Waals surface area (Å²) in [5.74, 6) is 0.0396. The van der Waals surface area contributed by atoms with Gasteiger partial charge in [-0.15, -0.1) is 0 Å². The molecule has 8 nitrogen and oxygen atoms in total. The van der Waals surface area contributed by atoms with E-state index in [2.05, 4.69) is 46.5 Å². The molecule has 2 N–H and O–H groups in total. The van der Waals surface area contributed by atoms with Crippen molar-refractivity contribution in [3.63, 3.8) is 0 Å². The van der Waals surface area contributed by atoms with E-state index < -0.39 is 26.3 Å². The van der Waals surface area contributed by atoms with Crippen LogP contribution >= 0.6 is 0 Å². The minimum absolute atomic E-state index is 0.0335. The maximum Gasteiger partial charge on any atom is 0.351 e. The first-order valence-corrected chi connectivity index (χ1v) is 11.3. The third-order valence-electron chi connectivity index (χ3n) is 4.91. The van der Waals surface area contributed by atoms with Gasteiger partial charge in [0.2, 0.25) is 0 Å². The van der Waals surface area contributed by atoms with Crippen LogP contribution in [0.1, 0.15) is 47.8 Å². The van der Waals surface area contributed by atoms with Crippen molar-refractivity contribution in [3.8, 4) is 0 Å². The summed E-state index contributed by atoms with van der Waals surface area (Å²) < 4.78 is 12.9. The number of nitrogen functional groups attached to an aromatic ring is 1. The predicted octanol–water partition coefficient (Wildman–Crippen LogP) is 2.30. The van der Waals surface area contributed by atoms with E-state index >= 15 is 0 Å². The topological polar surface area (TPSA) is 114 Å². The number of carbonyl (C=O) groups is 2. The molecule has 0 amide bonds. The predicted molar refractivity (Wildman–Crippen MR) is 106 cm³/mol. The molecule has 0 radical (unpaired) electrons. The first-order chi connectivity index (χ1) is 12.6. The molecule has 27 heavy (non-hydrogen) atoms. The number of nitrogens with zero attached hydrogens (tertiary/aromatic N) is 2. The van der Waals surface area contributed by atoms with Gasteiger partial charge in [0.25, 0.3) is 0 Å². The van der Waals surface area contributed by atoms with Gasteiger partial charge in [0.05, 0.1) is 6.61 Å². The van der Waals surface area contributed by atoms with E-state index in [1.54, 1.807) is 0 Å². The molecule has 9 heteroatoms. The van der Waals surface area contributed by atoms with Crippen LogP contribution in [0.2, 0.25) is 16.6 Å². The molecule has 0 aliphatic rings. The van der Waals surface area contributed by atoms with Crippen LogP contribution in [0, 0.1) is 0 Å². The van der Waals surface area contributed by atoms with Crippen LogP contribution < -0.4 is 11.4 Å². The van der Waals surface area contributed by atoms with Crippen molar-refractivity contribution in [3.05, 3.63) is 22.7 Å². The Morgan fingerprint density at radius 2 is 1.67 bits per heavy atom. The van der Waals surface area contributed by atoms with Crippen LogP contribution in [0.3, 0.4) is 0 Å². The van der Waals surface area contributed by atoms with Gasteiger partial charge in [-0.2, -0.15) is 4.98 Å². The molecule has 0 aliphatic carbocycles. The zero-order chi connectivity index (χ0) is 20.8. The number of rotatable bonds is 11. The normalized spacial score (nSPS) is 14.6. The quantitative estimate of drug-likeness (QED) is 0.450. The van der Waals surface area contributed by atoms with E-state index in [4.69, 9.17) is 14.9 Å². The van der Waals surface area contributed by atoms with Crippen molar-refractivity contribution in [1.29, 1.82) is 0 Å². The Hall–Kier alpha value is -1.84. The zero-order valence-corrected chi connectivity index (χ0v) is 17.9. The minimum Gasteiger partial charge on any atom is -0.413 e. The molecule has 0 spiro atoms. The smallest absolute Gasteiger partial charge is 0.351 e. The maximum atomic E-state index is 11.9. The fourth-order valence-electron chi connectivity index (χ4n) is 3.80. The standard InChI is InChI=1S/C18H31N3O5Si/c1-12(2)27(13(3)4,14(5)6)25-11-15(9-22)26-17(10-23)21-8-7-16(19)20-18(21)24/h7-10,12-15,17H,11H2,1-6H3,(H2,19,20,24). The fourth-order valence-corrected chi connectivity index (χ4v) is 9.25. The van der Waals surface area contributed by atoms with Crippen molar-refractivity contribution in [2.24, 2.45) is 0 Å². The number of carbonyl (C=O) groups excluding carboxylic acids is 2. The molecule has 1 aromatic heterocycles. The van der Waals surface area contributed by atoms with E-state index in [0.29, 0.717) is 29.2 Å². The molecule has 0 aliphatic heterocycles. The third-order valence-corrected chi connectivity index (χ3v) is 11.0. The summed E-state index contributed by atoms with van der Waals surface area (Å²) in [5.41, 5.74) is 5.75. The number of aldehydes is 2. The first kappa shape index (κ1) is 23.2. The number of aromatic nitrogens is 2. The second-order valence-corrected chi connectivity index (χ2v) is 13.0. The van der Waals surface area contributed by atoms with E-state index in [1.807, 2.05) is 0 Å². The molecule has 1 aromatic rings. The van der Waals surface area contributed by atoms with Crippen LogP contribution in [0.5, 0.6) is 0 Å². The second kappa shape index (κ2) is 9.91. The van der Waals surface area contributed by atoms with Crippen LogP contribution in [0.4, 0.5) is 5.82 Å². The molecular weight excluding hydrogens is 366 g/mol. The van der Waals surface area contributed by atoms with Gasteiger partial charge in [0.15, 0.2) is 27.1 Å². The average molecular weight is 398 g/mol. The molecule has 1 heterocycles. The Bertz CT molecular complexity index is 668. The number of nitrogens with two attached hydrogens (primary N) is 1. The lowest BCUT2D eigenvalue weighted by Crippen LogP contribution is -2.49. The average Bonchev–Trinajstić information content (AvgIpc) is 2.58. The summed E-state index contributed by atoms with van der Waals surface area (Å²) in [7, 11) is -2.19. The van der Waals surface area contributed by atoms with Gasteiger partial charge in [0, 0.05) is 6.20 Å². The van der Waals surface area contributed by atoms with Crippen LogP contribution in [0.25, 0.3) is 0 Å². The number of ether oxygens (including phenoxy) is 1. The molecule has 2 unspecified atom stereocenters. The van der Waals surface area contributed by atoms with Crippen LogP contribution in [-0.2, 0) is 18.8 Å². The lowest BCUT2D eigenvalue weighted by molar-refractivity contribution is -0.139. The molecule has 0 saturated heterocycles. The van der Waals surface area contributed by atoms with Gasteiger partial charge < -0.3 is 19.7 Å². The molecular formula is C18H31N3O5Si. The summed E-state index contributed by atoms with van der Waals surface area (Å²) in [6.45, 7) is 12.8. The largest absolute Gasteiger partial charge is 0.413 e. The Labute approximate surface area is 161 Å². The molecule has 0 aromatic carbocycles. The number of hydrogen-bond acceptors (Lipinski definition) is 7. The number of anilines is 1. The Morgan fingerprint density at radius 3 is 2.07 bits per heavy atom. The molecule has 1 rings (SSSR count). The van der Waals surface area contributed by atoms with Gasteiger partial charge in [-0.1, -0.05) is 41.5 Å². The highest BCUT2D eigenvalue weighted by molar-refractivity contribution is 6.77. The Kier molecular flexibility index (Phi) is 8.51.